The van der Waals surface area contributed by atoms with Crippen LogP contribution >= 0.6 is 0 Å². The van der Waals surface area contributed by atoms with E-state index in [9.17, 15) is 0 Å². The molecule has 5 heterocycles. The van der Waals surface area contributed by atoms with E-state index in [2.05, 4.69) is 40.7 Å². The summed E-state index contributed by atoms with van der Waals surface area (Å²) < 4.78 is 4.14. The molecule has 156 valence electrons. The lowest BCUT2D eigenvalue weighted by Crippen LogP contribution is -2.22. The predicted octanol–water partition coefficient (Wildman–Crippen LogP) is 1.57. The van der Waals surface area contributed by atoms with E-state index < -0.39 is 0 Å². The van der Waals surface area contributed by atoms with Crippen LogP contribution in [0.15, 0.2) is 31.0 Å². The van der Waals surface area contributed by atoms with Crippen molar-refractivity contribution in [1.29, 1.82) is 0 Å². The van der Waals surface area contributed by atoms with Gasteiger partial charge < -0.3 is 10.1 Å². The van der Waals surface area contributed by atoms with E-state index in [1.165, 1.54) is 5.69 Å². The average molecular weight is 409 g/mol. The third-order valence-electron chi connectivity index (χ3n) is 5.23. The summed E-state index contributed by atoms with van der Waals surface area (Å²) in [6.07, 6.45) is 10.0. The van der Waals surface area contributed by atoms with E-state index in [0.717, 1.165) is 61.0 Å². The Bertz CT molecular complexity index is 1090. The highest BCUT2D eigenvalue weighted by Gasteiger charge is 2.26. The van der Waals surface area contributed by atoms with E-state index in [1.807, 2.05) is 19.3 Å². The fraction of sp³-hybridized carbons (Fsp3) is 0.368. The van der Waals surface area contributed by atoms with Crippen LogP contribution in [-0.2, 0) is 30.7 Å². The van der Waals surface area contributed by atoms with Gasteiger partial charge in [0.15, 0.2) is 5.82 Å². The maximum Gasteiger partial charge on any atom is 0.290 e. The van der Waals surface area contributed by atoms with Gasteiger partial charge >= 0.3 is 0 Å². The van der Waals surface area contributed by atoms with Gasteiger partial charge in [-0.05, 0) is 25.8 Å². The van der Waals surface area contributed by atoms with Gasteiger partial charge in [-0.2, -0.15) is 15.3 Å². The molecule has 5 rings (SSSR count). The Kier molecular flexibility index (Phi) is 5.68. The van der Waals surface area contributed by atoms with Gasteiger partial charge in [-0.25, -0.2) is 14.6 Å². The Morgan fingerprint density at radius 2 is 2.23 bits per heavy atom. The van der Waals surface area contributed by atoms with E-state index in [-0.39, 0.29) is 6.47 Å². The molecular weight excluding hydrogens is 386 g/mol. The highest BCUT2D eigenvalue weighted by atomic mass is 16.3. The second-order valence-corrected chi connectivity index (χ2v) is 7.09. The minimum atomic E-state index is -0.250. The lowest BCUT2D eigenvalue weighted by atomic mass is 9.95. The highest BCUT2D eigenvalue weighted by molar-refractivity contribution is 5.56. The molecule has 0 saturated heterocycles. The number of hydrogen-bond acceptors (Lipinski definition) is 6. The molecule has 0 saturated carbocycles. The molecule has 0 radical (unpaired) electrons. The van der Waals surface area contributed by atoms with Crippen LogP contribution in [0.4, 0.5) is 0 Å². The minimum absolute atomic E-state index is 0.250. The SMILES string of the molecule is Cc1[nH]ncc1-c1nc(C2CCn3nccc3C2)n(CCc2cnc[nH]2)n1.O=CO. The molecule has 4 aromatic rings. The number of nitrogens with zero attached hydrogens (tertiary/aromatic N) is 7. The summed E-state index contributed by atoms with van der Waals surface area (Å²) in [5.74, 6) is 2.11. The van der Waals surface area contributed by atoms with Crippen LogP contribution in [0.3, 0.4) is 0 Å². The van der Waals surface area contributed by atoms with Gasteiger partial charge in [0.05, 0.1) is 18.1 Å². The van der Waals surface area contributed by atoms with Gasteiger partial charge in [-0.15, -0.1) is 0 Å². The van der Waals surface area contributed by atoms with E-state index in [4.69, 9.17) is 20.0 Å². The zero-order valence-electron chi connectivity index (χ0n) is 16.6. The zero-order chi connectivity index (χ0) is 20.9. The van der Waals surface area contributed by atoms with Crippen molar-refractivity contribution in [3.63, 3.8) is 0 Å². The minimum Gasteiger partial charge on any atom is -0.483 e. The molecule has 1 atom stereocenters. The fourth-order valence-electron chi connectivity index (χ4n) is 3.75. The van der Waals surface area contributed by atoms with Crippen molar-refractivity contribution in [2.75, 3.05) is 0 Å². The first kappa shape index (κ1) is 19.6. The van der Waals surface area contributed by atoms with Crippen molar-refractivity contribution >= 4 is 6.47 Å². The first-order valence-electron chi connectivity index (χ1n) is 9.70. The van der Waals surface area contributed by atoms with Crippen LogP contribution in [0.2, 0.25) is 0 Å². The average Bonchev–Trinajstić information content (AvgIpc) is 3.52. The van der Waals surface area contributed by atoms with E-state index in [0.29, 0.717) is 5.92 Å². The van der Waals surface area contributed by atoms with Crippen LogP contribution in [0.5, 0.6) is 0 Å². The van der Waals surface area contributed by atoms with Crippen LogP contribution in [0.1, 0.15) is 35.2 Å². The summed E-state index contributed by atoms with van der Waals surface area (Å²) in [6, 6.07) is 2.10. The molecule has 4 aromatic heterocycles. The van der Waals surface area contributed by atoms with Crippen LogP contribution in [0.25, 0.3) is 11.4 Å². The number of aromatic nitrogens is 9. The molecule has 0 fully saturated rings. The second-order valence-electron chi connectivity index (χ2n) is 7.09. The number of carboxylic acid groups (broad SMARTS) is 1. The predicted molar refractivity (Wildman–Crippen MR) is 107 cm³/mol. The van der Waals surface area contributed by atoms with Gasteiger partial charge in [0.25, 0.3) is 6.47 Å². The Hall–Kier alpha value is -3.76. The smallest absolute Gasteiger partial charge is 0.290 e. The van der Waals surface area contributed by atoms with Crippen molar-refractivity contribution in [2.45, 2.75) is 45.2 Å². The number of nitrogens with one attached hydrogen (secondary N) is 2. The standard InChI is InChI=1S/C18H21N9.CH2O2/c1-12-16(10-21-24-12)17-23-18(13-3-6-26-15(8-13)2-5-22-26)27(25-17)7-4-14-9-19-11-20-14;2-1-3/h2,5,9-11,13H,3-4,6-8H2,1H3,(H,19,20)(H,21,24);1H,(H,2,3). The van der Waals surface area contributed by atoms with Gasteiger partial charge in [0.2, 0.25) is 0 Å². The molecule has 30 heavy (non-hydrogen) atoms. The van der Waals surface area contributed by atoms with Crippen molar-refractivity contribution in [1.82, 2.24) is 44.7 Å². The number of hydrogen-bond donors (Lipinski definition) is 3. The van der Waals surface area contributed by atoms with Crippen molar-refractivity contribution < 1.29 is 9.90 Å². The number of aromatic amines is 2. The molecule has 11 nitrogen and oxygen atoms in total. The topological polar surface area (TPSA) is 143 Å². The number of H-pyrrole nitrogens is 2. The van der Waals surface area contributed by atoms with Crippen molar-refractivity contribution in [3.05, 3.63) is 53.9 Å². The maximum absolute atomic E-state index is 8.36. The molecule has 1 unspecified atom stereocenters. The molecule has 0 aliphatic carbocycles. The third-order valence-corrected chi connectivity index (χ3v) is 5.23. The summed E-state index contributed by atoms with van der Waals surface area (Å²) in [6.45, 7) is 3.42. The first-order chi connectivity index (χ1) is 14.7. The zero-order valence-corrected chi connectivity index (χ0v) is 16.6. The molecule has 0 amide bonds. The fourth-order valence-corrected chi connectivity index (χ4v) is 3.75. The Balaban J connectivity index is 0.000000687. The van der Waals surface area contributed by atoms with E-state index in [1.54, 1.807) is 12.5 Å². The molecule has 11 heteroatoms. The first-order valence-corrected chi connectivity index (χ1v) is 9.70. The normalized spacial score (nSPS) is 15.3. The van der Waals surface area contributed by atoms with Crippen LogP contribution in [-0.4, -0.2) is 56.3 Å². The lowest BCUT2D eigenvalue weighted by molar-refractivity contribution is -0.122. The molecular formula is C19H23N9O2. The Morgan fingerprint density at radius 3 is 2.97 bits per heavy atom. The Morgan fingerprint density at radius 1 is 1.37 bits per heavy atom. The van der Waals surface area contributed by atoms with Crippen LogP contribution < -0.4 is 0 Å². The highest BCUT2D eigenvalue weighted by Crippen LogP contribution is 2.30. The number of aryl methyl sites for hydroxylation is 4. The molecule has 0 bridgehead atoms. The van der Waals surface area contributed by atoms with Gasteiger partial charge in [0, 0.05) is 54.9 Å². The summed E-state index contributed by atoms with van der Waals surface area (Å²) in [4.78, 5) is 20.6. The quantitative estimate of drug-likeness (QED) is 0.424. The van der Waals surface area contributed by atoms with Gasteiger partial charge in [0.1, 0.15) is 5.82 Å². The molecule has 0 aromatic carbocycles. The van der Waals surface area contributed by atoms with Crippen molar-refractivity contribution in [2.24, 2.45) is 0 Å². The monoisotopic (exact) mass is 409 g/mol. The number of carbonyl (C=O) groups is 1. The summed E-state index contributed by atoms with van der Waals surface area (Å²) in [5.41, 5.74) is 4.29. The number of rotatable bonds is 5. The second kappa shape index (κ2) is 8.72. The lowest BCUT2D eigenvalue weighted by Gasteiger charge is -2.23. The summed E-state index contributed by atoms with van der Waals surface area (Å²) in [7, 11) is 0. The van der Waals surface area contributed by atoms with Gasteiger partial charge in [-0.1, -0.05) is 0 Å². The summed E-state index contributed by atoms with van der Waals surface area (Å²) >= 11 is 0. The molecule has 1 aliphatic rings. The number of imidazole rings is 1. The maximum atomic E-state index is 8.36. The largest absolute Gasteiger partial charge is 0.483 e. The van der Waals surface area contributed by atoms with Gasteiger partial charge in [-0.3, -0.25) is 14.6 Å². The number of fused-ring (bicyclic) bond motifs is 1. The third kappa shape index (κ3) is 4.00. The van der Waals surface area contributed by atoms with Crippen LogP contribution in [0, 0.1) is 6.92 Å². The summed E-state index contributed by atoms with van der Waals surface area (Å²) in [5, 5.41) is 23.2. The molecule has 1 aliphatic heterocycles. The van der Waals surface area contributed by atoms with E-state index >= 15 is 0 Å². The molecule has 3 N–H and O–H groups in total. The van der Waals surface area contributed by atoms with Crippen molar-refractivity contribution in [3.8, 4) is 11.4 Å². The Labute approximate surface area is 172 Å². The molecule has 0 spiro atoms.